The second-order valence-electron chi connectivity index (χ2n) is 3.71. The van der Waals surface area contributed by atoms with Crippen LogP contribution in [0.1, 0.15) is 0 Å². The number of rotatable bonds is 1. The number of hydrogen-bond donors (Lipinski definition) is 0. The summed E-state index contributed by atoms with van der Waals surface area (Å²) in [6.45, 7) is 0. The molecule has 0 spiro atoms. The molecule has 0 N–H and O–H groups in total. The molecule has 0 aliphatic rings. The first kappa shape index (κ1) is 11.6. The Labute approximate surface area is 117 Å². The van der Waals surface area contributed by atoms with E-state index in [1.165, 1.54) is 0 Å². The van der Waals surface area contributed by atoms with Crippen LogP contribution in [0.3, 0.4) is 0 Å². The van der Waals surface area contributed by atoms with Crippen molar-refractivity contribution < 1.29 is 0 Å². The first-order chi connectivity index (χ1) is 8.75. The van der Waals surface area contributed by atoms with Gasteiger partial charge in [0.15, 0.2) is 5.82 Å². The predicted molar refractivity (Wildman–Crippen MR) is 75.5 cm³/mol. The van der Waals surface area contributed by atoms with Crippen LogP contribution in [0.5, 0.6) is 0 Å². The zero-order valence-electron chi connectivity index (χ0n) is 9.14. The summed E-state index contributed by atoms with van der Waals surface area (Å²) in [5.74, 6) is 0.599. The van der Waals surface area contributed by atoms with Crippen molar-refractivity contribution in [2.45, 2.75) is 0 Å². The molecule has 3 rings (SSSR count). The highest BCUT2D eigenvalue weighted by molar-refractivity contribution is 9.10. The number of para-hydroxylation sites is 1. The molecule has 0 aliphatic carbocycles. The molecule has 2 aromatic heterocycles. The van der Waals surface area contributed by atoms with Gasteiger partial charge < -0.3 is 0 Å². The highest BCUT2D eigenvalue weighted by atomic mass is 79.9. The lowest BCUT2D eigenvalue weighted by atomic mass is 10.1. The van der Waals surface area contributed by atoms with Gasteiger partial charge in [-0.1, -0.05) is 29.8 Å². The molecule has 0 bridgehead atoms. The Morgan fingerprint density at radius 3 is 2.72 bits per heavy atom. The second-order valence-corrected chi connectivity index (χ2v) is 4.92. The molecule has 0 saturated carbocycles. The van der Waals surface area contributed by atoms with E-state index in [1.807, 2.05) is 30.3 Å². The number of hydrogen-bond acceptors (Lipinski definition) is 3. The van der Waals surface area contributed by atoms with E-state index < -0.39 is 0 Å². The molecule has 88 valence electrons. The van der Waals surface area contributed by atoms with Crippen LogP contribution in [0, 0.1) is 0 Å². The fraction of sp³-hybridized carbons (Fsp3) is 0. The van der Waals surface area contributed by atoms with Crippen molar-refractivity contribution in [2.75, 3.05) is 0 Å². The third-order valence-corrected chi connectivity index (χ3v) is 3.69. The van der Waals surface area contributed by atoms with E-state index in [2.05, 4.69) is 30.9 Å². The fourth-order valence-electron chi connectivity index (χ4n) is 1.77. The van der Waals surface area contributed by atoms with Crippen molar-refractivity contribution in [3.63, 3.8) is 0 Å². The van der Waals surface area contributed by atoms with E-state index >= 15 is 0 Å². The highest BCUT2D eigenvalue weighted by Gasteiger charge is 2.08. The molecule has 0 atom stereocenters. The predicted octanol–water partition coefficient (Wildman–Crippen LogP) is 4.11. The number of pyridine rings is 1. The number of fused-ring (bicyclic) bond motifs is 1. The topological polar surface area (TPSA) is 38.7 Å². The molecule has 2 heterocycles. The lowest BCUT2D eigenvalue weighted by molar-refractivity contribution is 1.16. The first-order valence-corrected chi connectivity index (χ1v) is 6.45. The third kappa shape index (κ3) is 1.98. The monoisotopic (exact) mass is 319 g/mol. The summed E-state index contributed by atoms with van der Waals surface area (Å²) >= 11 is 9.28. The minimum absolute atomic E-state index is 0.404. The Balaban J connectivity index is 2.28. The van der Waals surface area contributed by atoms with E-state index in [4.69, 9.17) is 11.6 Å². The van der Waals surface area contributed by atoms with Gasteiger partial charge in [0.25, 0.3) is 0 Å². The van der Waals surface area contributed by atoms with E-state index in [1.54, 1.807) is 12.4 Å². The number of aromatic nitrogens is 3. The Hall–Kier alpha value is -1.52. The minimum atomic E-state index is 0.404. The van der Waals surface area contributed by atoms with Crippen LogP contribution in [0.25, 0.3) is 22.3 Å². The zero-order valence-corrected chi connectivity index (χ0v) is 11.5. The van der Waals surface area contributed by atoms with E-state index in [0.717, 1.165) is 16.5 Å². The van der Waals surface area contributed by atoms with Crippen LogP contribution >= 0.6 is 27.5 Å². The Kier molecular flexibility index (Phi) is 2.97. The molecule has 0 aliphatic heterocycles. The van der Waals surface area contributed by atoms with Gasteiger partial charge in [0.05, 0.1) is 9.99 Å². The van der Waals surface area contributed by atoms with Gasteiger partial charge in [0.1, 0.15) is 5.15 Å². The lowest BCUT2D eigenvalue weighted by Gasteiger charge is -2.05. The maximum Gasteiger partial charge on any atom is 0.161 e. The third-order valence-electron chi connectivity index (χ3n) is 2.59. The molecule has 5 heteroatoms. The van der Waals surface area contributed by atoms with Gasteiger partial charge in [-0.25, -0.2) is 9.97 Å². The summed E-state index contributed by atoms with van der Waals surface area (Å²) in [5, 5.41) is 1.42. The lowest BCUT2D eigenvalue weighted by Crippen LogP contribution is -1.91. The molecule has 0 fully saturated rings. The van der Waals surface area contributed by atoms with E-state index in [0.29, 0.717) is 15.5 Å². The highest BCUT2D eigenvalue weighted by Crippen LogP contribution is 2.27. The molecule has 0 radical (unpaired) electrons. The average Bonchev–Trinajstić information content (AvgIpc) is 2.41. The maximum absolute atomic E-state index is 6.00. The van der Waals surface area contributed by atoms with E-state index in [9.17, 15) is 0 Å². The van der Waals surface area contributed by atoms with Crippen LogP contribution in [-0.2, 0) is 0 Å². The van der Waals surface area contributed by atoms with Crippen LogP contribution < -0.4 is 0 Å². The van der Waals surface area contributed by atoms with Crippen LogP contribution in [0.15, 0.2) is 47.2 Å². The Morgan fingerprint density at radius 2 is 1.89 bits per heavy atom. The SMILES string of the molecule is Clc1nc(-c2ccnc3ccccc23)ncc1Br. The summed E-state index contributed by atoms with van der Waals surface area (Å²) in [6.07, 6.45) is 3.40. The zero-order chi connectivity index (χ0) is 12.5. The van der Waals surface area contributed by atoms with Gasteiger partial charge in [-0.05, 0) is 28.1 Å². The maximum atomic E-state index is 6.00. The van der Waals surface area contributed by atoms with E-state index in [-0.39, 0.29) is 0 Å². The second kappa shape index (κ2) is 4.63. The van der Waals surface area contributed by atoms with Crippen LogP contribution in [0.2, 0.25) is 5.15 Å². The largest absolute Gasteiger partial charge is 0.256 e. The van der Waals surface area contributed by atoms with Gasteiger partial charge in [-0.15, -0.1) is 0 Å². The molecule has 3 nitrogen and oxygen atoms in total. The fourth-order valence-corrected chi connectivity index (χ4v) is 2.09. The van der Waals surface area contributed by atoms with Crippen LogP contribution in [-0.4, -0.2) is 15.0 Å². The van der Waals surface area contributed by atoms with Gasteiger partial charge in [0, 0.05) is 23.3 Å². The smallest absolute Gasteiger partial charge is 0.161 e. The summed E-state index contributed by atoms with van der Waals surface area (Å²) in [5.41, 5.74) is 1.84. The van der Waals surface area contributed by atoms with Crippen molar-refractivity contribution in [1.82, 2.24) is 15.0 Å². The Bertz CT molecular complexity index is 725. The molecule has 1 aromatic carbocycles. The van der Waals surface area contributed by atoms with Crippen molar-refractivity contribution >= 4 is 38.4 Å². The van der Waals surface area contributed by atoms with Gasteiger partial charge in [0.2, 0.25) is 0 Å². The molecular weight excluding hydrogens is 314 g/mol. The standard InChI is InChI=1S/C13H7BrClN3/c14-10-7-17-13(18-12(10)15)9-5-6-16-11-4-2-1-3-8(9)11/h1-7H. The quantitative estimate of drug-likeness (QED) is 0.633. The van der Waals surface area contributed by atoms with Crippen molar-refractivity contribution in [3.8, 4) is 11.4 Å². The van der Waals surface area contributed by atoms with Crippen molar-refractivity contribution in [2.24, 2.45) is 0 Å². The molecule has 0 unspecified atom stereocenters. The molecule has 0 amide bonds. The number of benzene rings is 1. The first-order valence-electron chi connectivity index (χ1n) is 5.28. The summed E-state index contributed by atoms with van der Waals surface area (Å²) in [6, 6.07) is 9.76. The van der Waals surface area contributed by atoms with Gasteiger partial charge in [-0.2, -0.15) is 0 Å². The van der Waals surface area contributed by atoms with Gasteiger partial charge >= 0.3 is 0 Å². The molecule has 0 saturated heterocycles. The average molecular weight is 321 g/mol. The minimum Gasteiger partial charge on any atom is -0.256 e. The van der Waals surface area contributed by atoms with Crippen LogP contribution in [0.4, 0.5) is 0 Å². The van der Waals surface area contributed by atoms with Crippen molar-refractivity contribution in [1.29, 1.82) is 0 Å². The summed E-state index contributed by atoms with van der Waals surface area (Å²) < 4.78 is 0.686. The van der Waals surface area contributed by atoms with Gasteiger partial charge in [-0.3, -0.25) is 4.98 Å². The molecular formula is C13H7BrClN3. The molecule has 3 aromatic rings. The summed E-state index contributed by atoms with van der Waals surface area (Å²) in [4.78, 5) is 12.9. The summed E-state index contributed by atoms with van der Waals surface area (Å²) in [7, 11) is 0. The normalized spacial score (nSPS) is 10.8. The number of halogens is 2. The number of nitrogens with zero attached hydrogens (tertiary/aromatic N) is 3. The Morgan fingerprint density at radius 1 is 1.06 bits per heavy atom. The molecule has 18 heavy (non-hydrogen) atoms. The van der Waals surface area contributed by atoms with Crippen molar-refractivity contribution in [3.05, 3.63) is 52.4 Å².